The number of hydrogen-bond acceptors (Lipinski definition) is 3. The van der Waals surface area contributed by atoms with Crippen molar-refractivity contribution in [1.82, 2.24) is 0 Å². The Kier molecular flexibility index (Phi) is 6.38. The summed E-state index contributed by atoms with van der Waals surface area (Å²) in [6, 6.07) is 24.4. The molecule has 4 heteroatoms. The number of amides is 1. The standard InChI is InChI=1S/C31H34N2O2/c1-19(2)23-15-12-20(3)18-28(23)35-31(34)33-27-17-14-22-9-5-7-11-25(22)30(27)29-24-10-6-4-8-21(24)13-16-26(29)32/h4-11,13-14,16-17,19-20,23,28H,12,15,18,32H2,1-3H3,(H,33,34)/t20-,23+,28-/m1/s1. The van der Waals surface area contributed by atoms with E-state index in [-0.39, 0.29) is 6.10 Å². The highest BCUT2D eigenvalue weighted by molar-refractivity contribution is 6.14. The molecule has 3 atom stereocenters. The number of hydrogen-bond donors (Lipinski definition) is 2. The maximum atomic E-state index is 13.3. The minimum absolute atomic E-state index is 0.0646. The summed E-state index contributed by atoms with van der Waals surface area (Å²) < 4.78 is 6.08. The van der Waals surface area contributed by atoms with Gasteiger partial charge in [0.1, 0.15) is 6.10 Å². The molecule has 1 aliphatic carbocycles. The normalized spacial score (nSPS) is 20.3. The summed E-state index contributed by atoms with van der Waals surface area (Å²) in [5, 5.41) is 7.39. The van der Waals surface area contributed by atoms with Gasteiger partial charge >= 0.3 is 6.09 Å². The van der Waals surface area contributed by atoms with E-state index >= 15 is 0 Å². The summed E-state index contributed by atoms with van der Waals surface area (Å²) >= 11 is 0. The molecule has 0 aliphatic heterocycles. The predicted octanol–water partition coefficient (Wildman–Crippen LogP) is 8.25. The Morgan fingerprint density at radius 1 is 0.886 bits per heavy atom. The zero-order valence-electron chi connectivity index (χ0n) is 20.8. The van der Waals surface area contributed by atoms with Crippen LogP contribution in [0, 0.1) is 17.8 Å². The third kappa shape index (κ3) is 4.58. The molecule has 0 spiro atoms. The van der Waals surface area contributed by atoms with Gasteiger partial charge in [-0.1, -0.05) is 87.9 Å². The van der Waals surface area contributed by atoms with Crippen LogP contribution < -0.4 is 11.1 Å². The lowest BCUT2D eigenvalue weighted by molar-refractivity contribution is 0.0126. The first-order chi connectivity index (χ1) is 16.9. The van der Waals surface area contributed by atoms with Crippen LogP contribution in [0.2, 0.25) is 0 Å². The maximum Gasteiger partial charge on any atom is 0.411 e. The number of rotatable bonds is 4. The van der Waals surface area contributed by atoms with Crippen LogP contribution in [0.1, 0.15) is 40.0 Å². The number of nitrogens with one attached hydrogen (secondary N) is 1. The first-order valence-electron chi connectivity index (χ1n) is 12.7. The molecule has 1 aliphatic rings. The van der Waals surface area contributed by atoms with Gasteiger partial charge in [0.15, 0.2) is 0 Å². The highest BCUT2D eigenvalue weighted by atomic mass is 16.6. The lowest BCUT2D eigenvalue weighted by Crippen LogP contribution is -2.37. The van der Waals surface area contributed by atoms with Crippen LogP contribution >= 0.6 is 0 Å². The highest BCUT2D eigenvalue weighted by Gasteiger charge is 2.33. The van der Waals surface area contributed by atoms with Crippen LogP contribution in [0.5, 0.6) is 0 Å². The smallest absolute Gasteiger partial charge is 0.411 e. The monoisotopic (exact) mass is 466 g/mol. The summed E-state index contributed by atoms with van der Waals surface area (Å²) in [5.74, 6) is 1.43. The molecule has 0 radical (unpaired) electrons. The fraction of sp³-hybridized carbons (Fsp3) is 0.323. The van der Waals surface area contributed by atoms with E-state index in [1.807, 2.05) is 48.5 Å². The predicted molar refractivity (Wildman–Crippen MR) is 147 cm³/mol. The summed E-state index contributed by atoms with van der Waals surface area (Å²) in [4.78, 5) is 13.3. The molecule has 180 valence electrons. The topological polar surface area (TPSA) is 64.3 Å². The molecule has 1 saturated carbocycles. The Labute approximate surface area is 207 Å². The zero-order chi connectivity index (χ0) is 24.5. The molecule has 0 unspecified atom stereocenters. The molecule has 0 saturated heterocycles. The fourth-order valence-electron chi connectivity index (χ4n) is 5.74. The van der Waals surface area contributed by atoms with Crippen molar-refractivity contribution in [3.8, 4) is 11.1 Å². The quantitative estimate of drug-likeness (QED) is 0.298. The van der Waals surface area contributed by atoms with Crippen LogP contribution in [0.25, 0.3) is 32.7 Å². The highest BCUT2D eigenvalue weighted by Crippen LogP contribution is 2.43. The van der Waals surface area contributed by atoms with Crippen LogP contribution in [0.4, 0.5) is 16.2 Å². The Hall–Kier alpha value is -3.53. The Morgan fingerprint density at radius 3 is 2.20 bits per heavy atom. The Bertz CT molecular complexity index is 1380. The van der Waals surface area contributed by atoms with Crippen molar-refractivity contribution >= 4 is 39.0 Å². The molecule has 0 aromatic heterocycles. The van der Waals surface area contributed by atoms with Gasteiger partial charge in [0, 0.05) is 16.8 Å². The van der Waals surface area contributed by atoms with Gasteiger partial charge in [0.05, 0.1) is 5.69 Å². The number of benzene rings is 4. The number of carbonyl (C=O) groups excluding carboxylic acids is 1. The molecule has 35 heavy (non-hydrogen) atoms. The van der Waals surface area contributed by atoms with Crippen molar-refractivity contribution in [3.63, 3.8) is 0 Å². The lowest BCUT2D eigenvalue weighted by Gasteiger charge is -2.36. The van der Waals surface area contributed by atoms with Crippen LogP contribution in [-0.4, -0.2) is 12.2 Å². The molecule has 3 N–H and O–H groups in total. The number of fused-ring (bicyclic) bond motifs is 2. The average Bonchev–Trinajstić information content (AvgIpc) is 2.84. The minimum Gasteiger partial charge on any atom is -0.446 e. The van der Waals surface area contributed by atoms with Gasteiger partial charge in [-0.25, -0.2) is 4.79 Å². The van der Waals surface area contributed by atoms with Crippen molar-refractivity contribution in [2.24, 2.45) is 17.8 Å². The second-order valence-electron chi connectivity index (χ2n) is 10.4. The molecule has 4 aromatic carbocycles. The Balaban J connectivity index is 1.57. The molecular formula is C31H34N2O2. The Morgan fingerprint density at radius 2 is 1.51 bits per heavy atom. The third-order valence-electron chi connectivity index (χ3n) is 7.60. The molecule has 0 heterocycles. The number of anilines is 2. The summed E-state index contributed by atoms with van der Waals surface area (Å²) in [7, 11) is 0. The van der Waals surface area contributed by atoms with Crippen molar-refractivity contribution in [2.45, 2.75) is 46.1 Å². The van der Waals surface area contributed by atoms with E-state index in [4.69, 9.17) is 10.5 Å². The lowest BCUT2D eigenvalue weighted by atomic mass is 9.75. The summed E-state index contributed by atoms with van der Waals surface area (Å²) in [6.07, 6.45) is 2.75. The minimum atomic E-state index is -0.398. The van der Waals surface area contributed by atoms with Gasteiger partial charge in [-0.15, -0.1) is 0 Å². The van der Waals surface area contributed by atoms with E-state index in [1.165, 1.54) is 6.42 Å². The molecule has 5 rings (SSSR count). The SMILES string of the molecule is CC(C)[C@@H]1CC[C@@H](C)C[C@H]1OC(=O)Nc1ccc2ccccc2c1-c1c(N)ccc2ccccc12. The van der Waals surface area contributed by atoms with Gasteiger partial charge < -0.3 is 10.5 Å². The van der Waals surface area contributed by atoms with E-state index < -0.39 is 6.09 Å². The van der Waals surface area contributed by atoms with Gasteiger partial charge in [0.25, 0.3) is 0 Å². The zero-order valence-corrected chi connectivity index (χ0v) is 20.8. The van der Waals surface area contributed by atoms with Crippen molar-refractivity contribution in [2.75, 3.05) is 11.1 Å². The first kappa shape index (κ1) is 23.2. The van der Waals surface area contributed by atoms with Crippen LogP contribution in [-0.2, 0) is 4.74 Å². The largest absolute Gasteiger partial charge is 0.446 e. The number of carbonyl (C=O) groups is 1. The molecule has 4 aromatic rings. The fourth-order valence-corrected chi connectivity index (χ4v) is 5.74. The van der Waals surface area contributed by atoms with Gasteiger partial charge in [0.2, 0.25) is 0 Å². The third-order valence-corrected chi connectivity index (χ3v) is 7.60. The van der Waals surface area contributed by atoms with Crippen molar-refractivity contribution < 1.29 is 9.53 Å². The van der Waals surface area contributed by atoms with Gasteiger partial charge in [-0.3, -0.25) is 5.32 Å². The van der Waals surface area contributed by atoms with Crippen LogP contribution in [0.3, 0.4) is 0 Å². The molecule has 1 fully saturated rings. The van der Waals surface area contributed by atoms with Gasteiger partial charge in [-0.05, 0) is 64.3 Å². The number of nitrogens with two attached hydrogens (primary N) is 1. The summed E-state index contributed by atoms with van der Waals surface area (Å²) in [6.45, 7) is 6.69. The second kappa shape index (κ2) is 9.61. The molecule has 4 nitrogen and oxygen atoms in total. The van der Waals surface area contributed by atoms with E-state index in [0.717, 1.165) is 45.5 Å². The summed E-state index contributed by atoms with van der Waals surface area (Å²) in [5.41, 5.74) is 9.82. The van der Waals surface area contributed by atoms with E-state index in [2.05, 4.69) is 50.4 Å². The van der Waals surface area contributed by atoms with E-state index in [9.17, 15) is 4.79 Å². The number of ether oxygens (including phenoxy) is 1. The molecule has 0 bridgehead atoms. The van der Waals surface area contributed by atoms with Crippen molar-refractivity contribution in [1.29, 1.82) is 0 Å². The second-order valence-corrected chi connectivity index (χ2v) is 10.4. The average molecular weight is 467 g/mol. The maximum absolute atomic E-state index is 13.3. The van der Waals surface area contributed by atoms with Crippen molar-refractivity contribution in [3.05, 3.63) is 72.8 Å². The van der Waals surface area contributed by atoms with E-state index in [0.29, 0.717) is 29.1 Å². The van der Waals surface area contributed by atoms with Crippen LogP contribution in [0.15, 0.2) is 72.8 Å². The first-order valence-corrected chi connectivity index (χ1v) is 12.7. The number of nitrogen functional groups attached to an aromatic ring is 1. The molecular weight excluding hydrogens is 432 g/mol. The van der Waals surface area contributed by atoms with Gasteiger partial charge in [-0.2, -0.15) is 0 Å². The van der Waals surface area contributed by atoms with E-state index in [1.54, 1.807) is 0 Å². The molecule has 1 amide bonds.